The number of hydrazone groups is 1. The number of carbonyl (C=O) groups excluding carboxylic acids is 1. The molecule has 0 spiro atoms. The standard InChI is InChI=1S/C25H23Br2N3O6/c1-3-34-22-10-7-17(12-23(22)35-4-2)25(31)29-28-14-18-11-19(26)13-21(27)24(18)36-15-16-5-8-20(9-6-16)30(32)33/h5-14H,3-4,15H2,1-2H3,(H,29,31)/b28-14+. The van der Waals surface area contributed by atoms with E-state index in [1.807, 2.05) is 19.9 Å². The SMILES string of the molecule is CCOc1ccc(C(=O)N/N=C/c2cc(Br)cc(Br)c2OCc2ccc([N+](=O)[O-])cc2)cc1OCC. The van der Waals surface area contributed by atoms with Gasteiger partial charge in [0.25, 0.3) is 11.6 Å². The van der Waals surface area contributed by atoms with Crippen molar-refractivity contribution in [3.05, 3.63) is 90.3 Å². The Labute approximate surface area is 224 Å². The molecule has 0 saturated carbocycles. The highest BCUT2D eigenvalue weighted by atomic mass is 79.9. The second kappa shape index (κ2) is 13.0. The molecular weight excluding hydrogens is 598 g/mol. The van der Waals surface area contributed by atoms with Crippen LogP contribution in [0.25, 0.3) is 0 Å². The maximum atomic E-state index is 12.6. The average Bonchev–Trinajstić information content (AvgIpc) is 2.85. The van der Waals surface area contributed by atoms with E-state index in [0.717, 1.165) is 10.0 Å². The van der Waals surface area contributed by atoms with E-state index in [2.05, 4.69) is 42.4 Å². The van der Waals surface area contributed by atoms with Crippen molar-refractivity contribution in [2.75, 3.05) is 13.2 Å². The summed E-state index contributed by atoms with van der Waals surface area (Å²) in [5, 5.41) is 14.9. The van der Waals surface area contributed by atoms with Gasteiger partial charge in [0.1, 0.15) is 12.4 Å². The number of nitrogens with zero attached hydrogens (tertiary/aromatic N) is 2. The van der Waals surface area contributed by atoms with E-state index < -0.39 is 10.8 Å². The first-order valence-electron chi connectivity index (χ1n) is 10.9. The lowest BCUT2D eigenvalue weighted by Gasteiger charge is -2.12. The topological polar surface area (TPSA) is 112 Å². The van der Waals surface area contributed by atoms with Crippen molar-refractivity contribution >= 4 is 49.7 Å². The summed E-state index contributed by atoms with van der Waals surface area (Å²) >= 11 is 6.92. The van der Waals surface area contributed by atoms with Crippen molar-refractivity contribution in [2.24, 2.45) is 5.10 Å². The molecule has 36 heavy (non-hydrogen) atoms. The molecule has 3 rings (SSSR count). The number of rotatable bonds is 11. The van der Waals surface area contributed by atoms with Crippen molar-refractivity contribution < 1.29 is 23.9 Å². The van der Waals surface area contributed by atoms with Gasteiger partial charge in [0.15, 0.2) is 11.5 Å². The van der Waals surface area contributed by atoms with Crippen LogP contribution in [0, 0.1) is 10.1 Å². The Hall–Kier alpha value is -3.44. The molecule has 0 heterocycles. The van der Waals surface area contributed by atoms with Crippen LogP contribution in [-0.2, 0) is 6.61 Å². The second-order valence-electron chi connectivity index (χ2n) is 7.24. The molecular formula is C25H23Br2N3O6. The molecule has 1 N–H and O–H groups in total. The number of ether oxygens (including phenoxy) is 3. The molecule has 3 aromatic rings. The third-order valence-electron chi connectivity index (χ3n) is 4.74. The normalized spacial score (nSPS) is 10.8. The molecule has 3 aromatic carbocycles. The fourth-order valence-electron chi connectivity index (χ4n) is 3.12. The van der Waals surface area contributed by atoms with E-state index in [-0.39, 0.29) is 12.3 Å². The van der Waals surface area contributed by atoms with Crippen molar-refractivity contribution in [1.82, 2.24) is 5.43 Å². The Morgan fingerprint density at radius 2 is 1.69 bits per heavy atom. The van der Waals surface area contributed by atoms with E-state index in [4.69, 9.17) is 14.2 Å². The van der Waals surface area contributed by atoms with Gasteiger partial charge in [-0.3, -0.25) is 14.9 Å². The highest BCUT2D eigenvalue weighted by Crippen LogP contribution is 2.33. The van der Waals surface area contributed by atoms with Gasteiger partial charge in [-0.15, -0.1) is 0 Å². The van der Waals surface area contributed by atoms with Crippen LogP contribution in [0.4, 0.5) is 5.69 Å². The number of amides is 1. The van der Waals surface area contributed by atoms with E-state index in [0.29, 0.717) is 46.1 Å². The number of nitro groups is 1. The summed E-state index contributed by atoms with van der Waals surface area (Å²) in [7, 11) is 0. The first kappa shape index (κ1) is 27.2. The predicted molar refractivity (Wildman–Crippen MR) is 143 cm³/mol. The number of nitrogens with one attached hydrogen (secondary N) is 1. The number of non-ortho nitro benzene ring substituents is 1. The van der Waals surface area contributed by atoms with Gasteiger partial charge in [-0.2, -0.15) is 5.10 Å². The number of hydrogen-bond acceptors (Lipinski definition) is 7. The Bertz CT molecular complexity index is 1270. The third-order valence-corrected chi connectivity index (χ3v) is 5.79. The fraction of sp³-hybridized carbons (Fsp3) is 0.200. The molecule has 9 nitrogen and oxygen atoms in total. The minimum Gasteiger partial charge on any atom is -0.490 e. The molecule has 0 aliphatic carbocycles. The van der Waals surface area contributed by atoms with Crippen LogP contribution in [0.2, 0.25) is 0 Å². The summed E-state index contributed by atoms with van der Waals surface area (Å²) in [6.07, 6.45) is 1.47. The van der Waals surface area contributed by atoms with Crippen molar-refractivity contribution in [3.8, 4) is 17.2 Å². The van der Waals surface area contributed by atoms with Gasteiger partial charge in [0, 0.05) is 27.7 Å². The van der Waals surface area contributed by atoms with Gasteiger partial charge in [0.2, 0.25) is 0 Å². The lowest BCUT2D eigenvalue weighted by atomic mass is 10.2. The van der Waals surface area contributed by atoms with Crippen molar-refractivity contribution in [3.63, 3.8) is 0 Å². The Kier molecular flexibility index (Phi) is 9.83. The molecule has 0 saturated heterocycles. The van der Waals surface area contributed by atoms with Crippen LogP contribution in [0.5, 0.6) is 17.2 Å². The minimum absolute atomic E-state index is 0.00745. The van der Waals surface area contributed by atoms with Crippen LogP contribution in [-0.4, -0.2) is 30.3 Å². The molecule has 1 amide bonds. The lowest BCUT2D eigenvalue weighted by Crippen LogP contribution is -2.18. The van der Waals surface area contributed by atoms with Crippen LogP contribution < -0.4 is 19.6 Å². The molecule has 0 radical (unpaired) electrons. The summed E-state index contributed by atoms with van der Waals surface area (Å²) in [5.41, 5.74) is 4.24. The van der Waals surface area contributed by atoms with Gasteiger partial charge in [0.05, 0.1) is 28.8 Å². The minimum atomic E-state index is -0.455. The van der Waals surface area contributed by atoms with E-state index >= 15 is 0 Å². The molecule has 11 heteroatoms. The molecule has 0 atom stereocenters. The van der Waals surface area contributed by atoms with Gasteiger partial charge in [-0.25, -0.2) is 5.43 Å². The average molecular weight is 621 g/mol. The van der Waals surface area contributed by atoms with Crippen LogP contribution in [0.15, 0.2) is 68.6 Å². The molecule has 0 unspecified atom stereocenters. The zero-order chi connectivity index (χ0) is 26.1. The quantitative estimate of drug-likeness (QED) is 0.154. The maximum Gasteiger partial charge on any atom is 0.271 e. The smallest absolute Gasteiger partial charge is 0.271 e. The van der Waals surface area contributed by atoms with Crippen LogP contribution in [0.3, 0.4) is 0 Å². The first-order chi connectivity index (χ1) is 17.3. The highest BCUT2D eigenvalue weighted by Gasteiger charge is 2.13. The fourth-order valence-corrected chi connectivity index (χ4v) is 4.49. The largest absolute Gasteiger partial charge is 0.490 e. The van der Waals surface area contributed by atoms with Crippen LogP contribution in [0.1, 0.15) is 35.3 Å². The Morgan fingerprint density at radius 3 is 2.36 bits per heavy atom. The van der Waals surface area contributed by atoms with E-state index in [9.17, 15) is 14.9 Å². The second-order valence-corrected chi connectivity index (χ2v) is 9.01. The summed E-state index contributed by atoms with van der Waals surface area (Å²) < 4.78 is 18.5. The molecule has 0 aliphatic rings. The first-order valence-corrected chi connectivity index (χ1v) is 12.5. The van der Waals surface area contributed by atoms with Crippen molar-refractivity contribution in [1.29, 1.82) is 0 Å². The monoisotopic (exact) mass is 619 g/mol. The van der Waals surface area contributed by atoms with Crippen LogP contribution >= 0.6 is 31.9 Å². The molecule has 188 valence electrons. The molecule has 0 bridgehead atoms. The summed E-state index contributed by atoms with van der Waals surface area (Å²) in [6.45, 7) is 4.81. The van der Waals surface area contributed by atoms with E-state index in [1.54, 1.807) is 36.4 Å². The number of hydrogen-bond donors (Lipinski definition) is 1. The van der Waals surface area contributed by atoms with Gasteiger partial charge < -0.3 is 14.2 Å². The number of halogens is 2. The van der Waals surface area contributed by atoms with Gasteiger partial charge in [-0.1, -0.05) is 15.9 Å². The highest BCUT2D eigenvalue weighted by molar-refractivity contribution is 9.11. The van der Waals surface area contributed by atoms with E-state index in [1.165, 1.54) is 18.3 Å². The molecule has 0 fully saturated rings. The summed E-state index contributed by atoms with van der Waals surface area (Å²) in [5.74, 6) is 1.12. The molecule has 0 aliphatic heterocycles. The Morgan fingerprint density at radius 1 is 1.00 bits per heavy atom. The number of nitro benzene ring substituents is 1. The summed E-state index contributed by atoms with van der Waals surface area (Å²) in [4.78, 5) is 23.0. The number of benzene rings is 3. The lowest BCUT2D eigenvalue weighted by molar-refractivity contribution is -0.384. The predicted octanol–water partition coefficient (Wildman–Crippen LogP) is 6.26. The van der Waals surface area contributed by atoms with Crippen molar-refractivity contribution in [2.45, 2.75) is 20.5 Å². The Balaban J connectivity index is 1.73. The summed E-state index contributed by atoms with van der Waals surface area (Å²) in [6, 6.07) is 14.6. The number of carbonyl (C=O) groups is 1. The van der Waals surface area contributed by atoms with Gasteiger partial charge in [-0.05, 0) is 77.8 Å². The maximum absolute atomic E-state index is 12.6. The molecule has 0 aromatic heterocycles. The zero-order valence-corrected chi connectivity index (χ0v) is 22.7. The third kappa shape index (κ3) is 7.28. The zero-order valence-electron chi connectivity index (χ0n) is 19.5. The van der Waals surface area contributed by atoms with Gasteiger partial charge >= 0.3 is 0 Å².